The smallest absolute Gasteiger partial charge is 0.222 e. The summed E-state index contributed by atoms with van der Waals surface area (Å²) >= 11 is 0. The van der Waals surface area contributed by atoms with Gasteiger partial charge in [-0.25, -0.2) is 0 Å². The first-order valence-corrected chi connectivity index (χ1v) is 8.18. The molecule has 1 atom stereocenters. The Morgan fingerprint density at radius 3 is 2.37 bits per heavy atom. The molecule has 19 heavy (non-hydrogen) atoms. The Balaban J connectivity index is 1.74. The molecule has 0 aromatic carbocycles. The molecule has 1 amide bonds. The van der Waals surface area contributed by atoms with Crippen molar-refractivity contribution in [3.63, 3.8) is 0 Å². The predicted molar refractivity (Wildman–Crippen MR) is 78.7 cm³/mol. The molecule has 1 heterocycles. The number of nitrogens with two attached hydrogens (primary N) is 1. The van der Waals surface area contributed by atoms with Crippen molar-refractivity contribution in [2.45, 2.75) is 58.3 Å². The van der Waals surface area contributed by atoms with E-state index in [0.717, 1.165) is 44.8 Å². The van der Waals surface area contributed by atoms with Gasteiger partial charge in [-0.05, 0) is 37.1 Å². The van der Waals surface area contributed by atoms with Crippen molar-refractivity contribution < 1.29 is 4.79 Å². The van der Waals surface area contributed by atoms with Gasteiger partial charge in [0.1, 0.15) is 0 Å². The van der Waals surface area contributed by atoms with Gasteiger partial charge in [0.05, 0.1) is 0 Å². The van der Waals surface area contributed by atoms with Crippen LogP contribution in [0, 0.1) is 17.8 Å². The molecular weight excluding hydrogens is 236 g/mol. The second-order valence-electron chi connectivity index (χ2n) is 6.64. The minimum absolute atomic E-state index is 0.383. The van der Waals surface area contributed by atoms with Gasteiger partial charge in [-0.15, -0.1) is 0 Å². The molecular formula is C16H30N2O. The van der Waals surface area contributed by atoms with Crippen LogP contribution in [-0.2, 0) is 4.79 Å². The summed E-state index contributed by atoms with van der Waals surface area (Å²) in [6, 6.07) is 0. The zero-order chi connectivity index (χ0) is 13.7. The average molecular weight is 266 g/mol. The third-order valence-electron chi connectivity index (χ3n) is 5.25. The van der Waals surface area contributed by atoms with Crippen LogP contribution in [-0.4, -0.2) is 30.4 Å². The Morgan fingerprint density at radius 1 is 1.16 bits per heavy atom. The molecule has 1 saturated carbocycles. The maximum Gasteiger partial charge on any atom is 0.222 e. The van der Waals surface area contributed by atoms with Crippen LogP contribution in [0.5, 0.6) is 0 Å². The van der Waals surface area contributed by atoms with E-state index in [-0.39, 0.29) is 0 Å². The van der Waals surface area contributed by atoms with Gasteiger partial charge >= 0.3 is 0 Å². The van der Waals surface area contributed by atoms with E-state index in [0.29, 0.717) is 17.7 Å². The summed E-state index contributed by atoms with van der Waals surface area (Å²) in [4.78, 5) is 14.4. The molecule has 3 heteroatoms. The van der Waals surface area contributed by atoms with Crippen LogP contribution >= 0.6 is 0 Å². The second kappa shape index (κ2) is 7.28. The summed E-state index contributed by atoms with van der Waals surface area (Å²) in [6.45, 7) is 4.91. The van der Waals surface area contributed by atoms with Crippen molar-refractivity contribution in [1.82, 2.24) is 4.90 Å². The van der Waals surface area contributed by atoms with Gasteiger partial charge in [0.2, 0.25) is 5.91 Å². The minimum Gasteiger partial charge on any atom is -0.343 e. The van der Waals surface area contributed by atoms with Crippen LogP contribution in [0.2, 0.25) is 0 Å². The number of piperidine rings is 1. The van der Waals surface area contributed by atoms with E-state index in [1.807, 2.05) is 0 Å². The van der Waals surface area contributed by atoms with Crippen LogP contribution in [0.1, 0.15) is 58.3 Å². The molecule has 1 saturated heterocycles. The van der Waals surface area contributed by atoms with Crippen molar-refractivity contribution in [1.29, 1.82) is 0 Å². The van der Waals surface area contributed by atoms with E-state index in [1.165, 1.54) is 32.1 Å². The molecule has 0 spiro atoms. The van der Waals surface area contributed by atoms with Crippen molar-refractivity contribution in [3.8, 4) is 0 Å². The third-order valence-corrected chi connectivity index (χ3v) is 5.25. The summed E-state index contributed by atoms with van der Waals surface area (Å²) in [5.41, 5.74) is 5.70. The summed E-state index contributed by atoms with van der Waals surface area (Å²) in [5, 5.41) is 0. The molecule has 0 aromatic heterocycles. The van der Waals surface area contributed by atoms with Crippen LogP contribution < -0.4 is 5.73 Å². The second-order valence-corrected chi connectivity index (χ2v) is 6.64. The Hall–Kier alpha value is -0.570. The van der Waals surface area contributed by atoms with Crippen LogP contribution in [0.4, 0.5) is 0 Å². The number of rotatable bonds is 4. The lowest BCUT2D eigenvalue weighted by Crippen LogP contribution is -2.41. The van der Waals surface area contributed by atoms with Crippen molar-refractivity contribution >= 4 is 5.91 Å². The van der Waals surface area contributed by atoms with Crippen molar-refractivity contribution in [2.24, 2.45) is 23.5 Å². The molecule has 1 unspecified atom stereocenters. The number of nitrogens with zero attached hydrogens (tertiary/aromatic N) is 1. The zero-order valence-electron chi connectivity index (χ0n) is 12.4. The maximum absolute atomic E-state index is 12.3. The molecule has 3 nitrogen and oxygen atoms in total. The molecule has 0 aromatic rings. The molecule has 1 aliphatic heterocycles. The Labute approximate surface area is 117 Å². The summed E-state index contributed by atoms with van der Waals surface area (Å²) in [7, 11) is 0. The lowest BCUT2D eigenvalue weighted by atomic mass is 9.79. The maximum atomic E-state index is 12.3. The van der Waals surface area contributed by atoms with Crippen molar-refractivity contribution in [2.75, 3.05) is 19.6 Å². The Bertz CT molecular complexity index is 278. The van der Waals surface area contributed by atoms with E-state index >= 15 is 0 Å². The first-order chi connectivity index (χ1) is 9.20. The highest BCUT2D eigenvalue weighted by Gasteiger charge is 2.26. The van der Waals surface area contributed by atoms with Gasteiger partial charge in [-0.3, -0.25) is 4.79 Å². The number of likely N-dealkylation sites (tertiary alicyclic amines) is 1. The summed E-state index contributed by atoms with van der Waals surface area (Å²) < 4.78 is 0. The quantitative estimate of drug-likeness (QED) is 0.850. The van der Waals surface area contributed by atoms with Crippen molar-refractivity contribution in [3.05, 3.63) is 0 Å². The lowest BCUT2D eigenvalue weighted by Gasteiger charge is -2.33. The van der Waals surface area contributed by atoms with E-state index in [9.17, 15) is 4.79 Å². The SMILES string of the molecule is CC(CC(=O)N1CCC(CN)CC1)C1CCCCC1. The summed E-state index contributed by atoms with van der Waals surface area (Å²) in [6.07, 6.45) is 9.76. The van der Waals surface area contributed by atoms with Gasteiger partial charge in [0.15, 0.2) is 0 Å². The number of hydrogen-bond acceptors (Lipinski definition) is 2. The third kappa shape index (κ3) is 4.20. The molecule has 2 fully saturated rings. The number of hydrogen-bond donors (Lipinski definition) is 1. The monoisotopic (exact) mass is 266 g/mol. The van der Waals surface area contributed by atoms with E-state index in [4.69, 9.17) is 5.73 Å². The molecule has 1 aliphatic carbocycles. The first-order valence-electron chi connectivity index (χ1n) is 8.18. The number of carbonyl (C=O) groups is 1. The van der Waals surface area contributed by atoms with E-state index in [1.54, 1.807) is 0 Å². The topological polar surface area (TPSA) is 46.3 Å². The zero-order valence-corrected chi connectivity index (χ0v) is 12.4. The number of amides is 1. The van der Waals surface area contributed by atoms with Crippen LogP contribution in [0.25, 0.3) is 0 Å². The fourth-order valence-electron chi connectivity index (χ4n) is 3.69. The molecule has 2 N–H and O–H groups in total. The molecule has 0 bridgehead atoms. The highest BCUT2D eigenvalue weighted by atomic mass is 16.2. The molecule has 2 rings (SSSR count). The normalized spacial score (nSPS) is 24.4. The highest BCUT2D eigenvalue weighted by molar-refractivity contribution is 5.76. The highest BCUT2D eigenvalue weighted by Crippen LogP contribution is 2.32. The van der Waals surface area contributed by atoms with Gasteiger partial charge in [-0.1, -0.05) is 39.0 Å². The van der Waals surface area contributed by atoms with Crippen LogP contribution in [0.3, 0.4) is 0 Å². The standard InChI is InChI=1S/C16H30N2O/c1-13(15-5-3-2-4-6-15)11-16(19)18-9-7-14(12-17)8-10-18/h13-15H,2-12,17H2,1H3. The summed E-state index contributed by atoms with van der Waals surface area (Å²) in [5.74, 6) is 2.38. The molecule has 0 radical (unpaired) electrons. The van der Waals surface area contributed by atoms with E-state index in [2.05, 4.69) is 11.8 Å². The fraction of sp³-hybridized carbons (Fsp3) is 0.938. The van der Waals surface area contributed by atoms with E-state index < -0.39 is 0 Å². The van der Waals surface area contributed by atoms with Gasteiger partial charge < -0.3 is 10.6 Å². The molecule has 2 aliphatic rings. The minimum atomic E-state index is 0.383. The van der Waals surface area contributed by atoms with Crippen LogP contribution in [0.15, 0.2) is 0 Å². The van der Waals surface area contributed by atoms with Gasteiger partial charge in [0.25, 0.3) is 0 Å². The average Bonchev–Trinajstić information content (AvgIpc) is 2.48. The number of carbonyl (C=O) groups excluding carboxylic acids is 1. The lowest BCUT2D eigenvalue weighted by molar-refractivity contribution is -0.134. The Kier molecular flexibility index (Phi) is 5.68. The Morgan fingerprint density at radius 2 is 1.79 bits per heavy atom. The van der Waals surface area contributed by atoms with Gasteiger partial charge in [0, 0.05) is 19.5 Å². The largest absolute Gasteiger partial charge is 0.343 e. The molecule has 110 valence electrons. The predicted octanol–water partition coefficient (Wildman–Crippen LogP) is 2.79. The fourth-order valence-corrected chi connectivity index (χ4v) is 3.69. The first kappa shape index (κ1) is 14.8. The van der Waals surface area contributed by atoms with Gasteiger partial charge in [-0.2, -0.15) is 0 Å².